The summed E-state index contributed by atoms with van der Waals surface area (Å²) in [7, 11) is 0. The first kappa shape index (κ1) is 32.4. The maximum absolute atomic E-state index is 2.43. The van der Waals surface area contributed by atoms with Crippen LogP contribution in [0.25, 0.3) is 77.9 Å². The van der Waals surface area contributed by atoms with Crippen molar-refractivity contribution in [1.29, 1.82) is 0 Å². The lowest BCUT2D eigenvalue weighted by Gasteiger charge is -2.17. The summed E-state index contributed by atoms with van der Waals surface area (Å²) in [5, 5.41) is 0. The van der Waals surface area contributed by atoms with Crippen LogP contribution in [0.1, 0.15) is 33.7 Å². The van der Waals surface area contributed by atoms with Gasteiger partial charge in [0, 0.05) is 5.92 Å². The summed E-state index contributed by atoms with van der Waals surface area (Å²) >= 11 is 0. The Kier molecular flexibility index (Phi) is 7.74. The van der Waals surface area contributed by atoms with Crippen LogP contribution in [0.3, 0.4) is 0 Å². The van der Waals surface area contributed by atoms with Gasteiger partial charge in [0.1, 0.15) is 0 Å². The summed E-state index contributed by atoms with van der Waals surface area (Å²) in [4.78, 5) is 0. The average molecular weight is 711 g/mol. The van der Waals surface area contributed by atoms with Crippen LogP contribution in [-0.4, -0.2) is 0 Å². The van der Waals surface area contributed by atoms with Crippen molar-refractivity contribution in [2.24, 2.45) is 0 Å². The van der Waals surface area contributed by atoms with Crippen LogP contribution >= 0.6 is 0 Å². The molecule has 0 spiro atoms. The Morgan fingerprint density at radius 2 is 0.714 bits per heavy atom. The molecule has 0 bridgehead atoms. The summed E-state index contributed by atoms with van der Waals surface area (Å²) in [6, 6.07) is 78.7. The van der Waals surface area contributed by atoms with Gasteiger partial charge in [-0.3, -0.25) is 0 Å². The molecule has 1 atom stereocenters. The fourth-order valence-electron chi connectivity index (χ4n) is 9.19. The van der Waals surface area contributed by atoms with Gasteiger partial charge in [-0.25, -0.2) is 0 Å². The van der Waals surface area contributed by atoms with E-state index in [0.717, 1.165) is 6.42 Å². The van der Waals surface area contributed by atoms with Crippen LogP contribution in [0, 0.1) is 0 Å². The molecule has 0 aromatic heterocycles. The predicted molar refractivity (Wildman–Crippen MR) is 235 cm³/mol. The number of hydrogen-bond donors (Lipinski definition) is 0. The van der Waals surface area contributed by atoms with E-state index in [1.807, 2.05) is 0 Å². The van der Waals surface area contributed by atoms with Crippen molar-refractivity contribution in [3.63, 3.8) is 0 Å². The summed E-state index contributed by atoms with van der Waals surface area (Å²) in [6.45, 7) is 0. The lowest BCUT2D eigenvalue weighted by molar-refractivity contribution is 1.02. The van der Waals surface area contributed by atoms with Crippen LogP contribution in [-0.2, 0) is 6.42 Å². The Bertz CT molecular complexity index is 2910. The van der Waals surface area contributed by atoms with Gasteiger partial charge in [0.15, 0.2) is 0 Å². The molecule has 0 heteroatoms. The highest BCUT2D eigenvalue weighted by molar-refractivity contribution is 5.88. The SMILES string of the molecule is c1ccc(-c2ccc(-c3cc(-c4ccccc4)cc(-c4cccc(C5c6ccccc6-c6cc(-c7ccc8c(c7)-c7ccccc7C8)ccc65)c4)c3)cc2)cc1. The van der Waals surface area contributed by atoms with E-state index in [4.69, 9.17) is 0 Å². The molecule has 0 aliphatic heterocycles. The van der Waals surface area contributed by atoms with E-state index in [2.05, 4.69) is 212 Å². The van der Waals surface area contributed by atoms with Gasteiger partial charge in [-0.05, 0) is 142 Å². The molecule has 56 heavy (non-hydrogen) atoms. The average Bonchev–Trinajstić information content (AvgIpc) is 3.82. The first-order chi connectivity index (χ1) is 27.7. The van der Waals surface area contributed by atoms with Crippen molar-refractivity contribution in [2.45, 2.75) is 12.3 Å². The lowest BCUT2D eigenvalue weighted by Crippen LogP contribution is -1.99. The van der Waals surface area contributed by atoms with E-state index in [-0.39, 0.29) is 5.92 Å². The van der Waals surface area contributed by atoms with E-state index < -0.39 is 0 Å². The molecule has 0 saturated carbocycles. The molecule has 9 aromatic rings. The minimum Gasteiger partial charge on any atom is -0.0622 e. The zero-order valence-corrected chi connectivity index (χ0v) is 31.0. The van der Waals surface area contributed by atoms with Crippen molar-refractivity contribution < 1.29 is 0 Å². The second-order valence-corrected chi connectivity index (χ2v) is 15.3. The summed E-state index contributed by atoms with van der Waals surface area (Å²) in [6.07, 6.45) is 1.02. The number of fused-ring (bicyclic) bond motifs is 6. The van der Waals surface area contributed by atoms with Gasteiger partial charge in [0.05, 0.1) is 0 Å². The lowest BCUT2D eigenvalue weighted by atomic mass is 9.86. The predicted octanol–water partition coefficient (Wildman–Crippen LogP) is 14.8. The molecule has 2 aliphatic rings. The van der Waals surface area contributed by atoms with Crippen molar-refractivity contribution >= 4 is 0 Å². The Morgan fingerprint density at radius 3 is 1.45 bits per heavy atom. The Labute approximate surface area is 329 Å². The van der Waals surface area contributed by atoms with E-state index in [9.17, 15) is 0 Å². The van der Waals surface area contributed by atoms with Crippen LogP contribution in [0.15, 0.2) is 212 Å². The van der Waals surface area contributed by atoms with Gasteiger partial charge in [-0.2, -0.15) is 0 Å². The van der Waals surface area contributed by atoms with E-state index >= 15 is 0 Å². The highest BCUT2D eigenvalue weighted by Crippen LogP contribution is 2.50. The molecule has 0 nitrogen and oxygen atoms in total. The topological polar surface area (TPSA) is 0 Å². The fourth-order valence-corrected chi connectivity index (χ4v) is 9.19. The highest BCUT2D eigenvalue weighted by atomic mass is 14.3. The van der Waals surface area contributed by atoms with Crippen molar-refractivity contribution in [3.8, 4) is 77.9 Å². The second-order valence-electron chi connectivity index (χ2n) is 15.3. The van der Waals surface area contributed by atoms with Gasteiger partial charge in [-0.1, -0.05) is 182 Å². The van der Waals surface area contributed by atoms with Gasteiger partial charge < -0.3 is 0 Å². The zero-order chi connectivity index (χ0) is 37.0. The standard InChI is InChI=1S/C56H38/c1-3-12-37(13-4-1)39-22-24-40(25-23-39)48-32-47(38-14-5-2-6-15-38)33-49(34-48)41-17-11-18-46(30-41)56-52-21-10-9-20-51(52)55-36-43(28-29-53(55)56)42-26-27-45-31-44-16-7-8-19-50(44)54(45)35-42/h1-30,32-36,56H,31H2. The monoisotopic (exact) mass is 710 g/mol. The molecule has 2 aliphatic carbocycles. The molecule has 11 rings (SSSR count). The molecule has 262 valence electrons. The molecule has 0 amide bonds. The molecular weight excluding hydrogens is 673 g/mol. The van der Waals surface area contributed by atoms with Crippen LogP contribution in [0.5, 0.6) is 0 Å². The fraction of sp³-hybridized carbons (Fsp3) is 0.0357. The number of rotatable bonds is 6. The minimum atomic E-state index is 0.157. The maximum atomic E-state index is 2.43. The third kappa shape index (κ3) is 5.62. The maximum Gasteiger partial charge on any atom is 0.0352 e. The Balaban J connectivity index is 0.985. The summed E-state index contributed by atoms with van der Waals surface area (Å²) < 4.78 is 0. The second kappa shape index (κ2) is 13.4. The van der Waals surface area contributed by atoms with Gasteiger partial charge in [0.2, 0.25) is 0 Å². The van der Waals surface area contributed by atoms with Gasteiger partial charge >= 0.3 is 0 Å². The van der Waals surface area contributed by atoms with Crippen LogP contribution in [0.2, 0.25) is 0 Å². The molecule has 0 radical (unpaired) electrons. The molecule has 0 N–H and O–H groups in total. The quantitative estimate of drug-likeness (QED) is 0.161. The summed E-state index contributed by atoms with van der Waals surface area (Å²) in [5.74, 6) is 0.157. The molecule has 0 fully saturated rings. The smallest absolute Gasteiger partial charge is 0.0352 e. The molecule has 9 aromatic carbocycles. The number of benzene rings is 9. The molecule has 0 saturated heterocycles. The Hall–Kier alpha value is -7.02. The Morgan fingerprint density at radius 1 is 0.250 bits per heavy atom. The normalized spacial score (nSPS) is 13.5. The third-order valence-electron chi connectivity index (χ3n) is 12.0. The molecule has 0 heterocycles. The van der Waals surface area contributed by atoms with E-state index in [0.29, 0.717) is 0 Å². The largest absolute Gasteiger partial charge is 0.0622 e. The van der Waals surface area contributed by atoms with Crippen molar-refractivity contribution in [2.75, 3.05) is 0 Å². The molecule has 1 unspecified atom stereocenters. The van der Waals surface area contributed by atoms with Crippen molar-refractivity contribution in [3.05, 3.63) is 240 Å². The van der Waals surface area contributed by atoms with Gasteiger partial charge in [0.25, 0.3) is 0 Å². The van der Waals surface area contributed by atoms with Crippen LogP contribution in [0.4, 0.5) is 0 Å². The molecular formula is C56H38. The first-order valence-electron chi connectivity index (χ1n) is 19.7. The highest BCUT2D eigenvalue weighted by Gasteiger charge is 2.30. The first-order valence-corrected chi connectivity index (χ1v) is 19.7. The summed E-state index contributed by atoms with van der Waals surface area (Å²) in [5.41, 5.74) is 24.6. The van der Waals surface area contributed by atoms with Crippen LogP contribution < -0.4 is 0 Å². The van der Waals surface area contributed by atoms with E-state index in [1.54, 1.807) is 0 Å². The zero-order valence-electron chi connectivity index (χ0n) is 31.0. The minimum absolute atomic E-state index is 0.157. The van der Waals surface area contributed by atoms with Crippen molar-refractivity contribution in [1.82, 2.24) is 0 Å². The van der Waals surface area contributed by atoms with E-state index in [1.165, 1.54) is 106 Å². The third-order valence-corrected chi connectivity index (χ3v) is 12.0. The number of hydrogen-bond acceptors (Lipinski definition) is 0. The van der Waals surface area contributed by atoms with Gasteiger partial charge in [-0.15, -0.1) is 0 Å².